The average molecular weight is 395 g/mol. The summed E-state index contributed by atoms with van der Waals surface area (Å²) in [5, 5.41) is 8.07. The summed E-state index contributed by atoms with van der Waals surface area (Å²) in [4.78, 5) is 16.6. The summed E-state index contributed by atoms with van der Waals surface area (Å²) in [6.07, 6.45) is 0. The van der Waals surface area contributed by atoms with Crippen molar-refractivity contribution in [3.63, 3.8) is 0 Å². The lowest BCUT2D eigenvalue weighted by Gasteiger charge is -2.07. The van der Waals surface area contributed by atoms with Crippen molar-refractivity contribution in [3.05, 3.63) is 77.1 Å². The number of aromatic nitrogens is 1. The van der Waals surface area contributed by atoms with E-state index in [1.807, 2.05) is 72.1 Å². The van der Waals surface area contributed by atoms with Crippen LogP contribution in [0.2, 0.25) is 5.02 Å². The number of ether oxygens (including phenoxy) is 1. The molecule has 1 aromatic heterocycles. The van der Waals surface area contributed by atoms with Crippen LogP contribution in [0.1, 0.15) is 0 Å². The van der Waals surface area contributed by atoms with E-state index in [0.29, 0.717) is 15.9 Å². The number of hydrogen-bond donors (Lipinski definition) is 1. The number of rotatable bonds is 5. The molecule has 0 atom stereocenters. The summed E-state index contributed by atoms with van der Waals surface area (Å²) in [5.74, 6) is 0.407. The number of hydrogen-bond acceptors (Lipinski definition) is 4. The number of halogens is 1. The number of benzene rings is 3. The Bertz CT molecular complexity index is 1090. The number of carbonyl (C=O) groups is 1. The Morgan fingerprint density at radius 2 is 1.81 bits per heavy atom. The maximum atomic E-state index is 12.2. The van der Waals surface area contributed by atoms with Gasteiger partial charge in [0.15, 0.2) is 11.7 Å². The highest BCUT2D eigenvalue weighted by Gasteiger charge is 2.09. The maximum Gasteiger partial charge on any atom is 0.264 e. The zero-order chi connectivity index (χ0) is 18.6. The van der Waals surface area contributed by atoms with E-state index < -0.39 is 0 Å². The van der Waals surface area contributed by atoms with Crippen LogP contribution in [-0.4, -0.2) is 17.5 Å². The lowest BCUT2D eigenvalue weighted by molar-refractivity contribution is -0.118. The molecular formula is C21H15ClN2O2S. The number of carbonyl (C=O) groups excluding carboxylic acids is 1. The van der Waals surface area contributed by atoms with Gasteiger partial charge in [0.1, 0.15) is 5.75 Å². The molecule has 1 N–H and O–H groups in total. The predicted molar refractivity (Wildman–Crippen MR) is 111 cm³/mol. The second-order valence-electron chi connectivity index (χ2n) is 5.89. The highest BCUT2D eigenvalue weighted by Crippen LogP contribution is 2.26. The standard InChI is InChI=1S/C21H15ClN2O2S/c22-17-8-5-15(6-9-17)19-13-27-21(23-19)24-20(25)12-26-18-10-7-14-3-1-2-4-16(14)11-18/h1-11,13H,12H2,(H,23,24,25). The van der Waals surface area contributed by atoms with Gasteiger partial charge in [-0.3, -0.25) is 10.1 Å². The number of fused-ring (bicyclic) bond motifs is 1. The molecule has 0 fully saturated rings. The van der Waals surface area contributed by atoms with Crippen LogP contribution in [0.15, 0.2) is 72.1 Å². The molecule has 4 aromatic rings. The van der Waals surface area contributed by atoms with Gasteiger partial charge >= 0.3 is 0 Å². The Morgan fingerprint density at radius 3 is 2.63 bits per heavy atom. The summed E-state index contributed by atoms with van der Waals surface area (Å²) in [7, 11) is 0. The van der Waals surface area contributed by atoms with Gasteiger partial charge in [-0.2, -0.15) is 0 Å². The zero-order valence-electron chi connectivity index (χ0n) is 14.2. The highest BCUT2D eigenvalue weighted by molar-refractivity contribution is 7.14. The second kappa shape index (κ2) is 7.78. The van der Waals surface area contributed by atoms with E-state index in [9.17, 15) is 4.79 Å². The Kier molecular flexibility index (Phi) is 5.05. The molecule has 0 aliphatic carbocycles. The third-order valence-corrected chi connectivity index (χ3v) is 4.99. The number of amides is 1. The number of nitrogens with zero attached hydrogens (tertiary/aromatic N) is 1. The first-order valence-corrected chi connectivity index (χ1v) is 9.56. The molecule has 0 radical (unpaired) electrons. The summed E-state index contributed by atoms with van der Waals surface area (Å²) in [5.41, 5.74) is 1.74. The van der Waals surface area contributed by atoms with E-state index in [0.717, 1.165) is 22.0 Å². The SMILES string of the molecule is O=C(COc1ccc2ccccc2c1)Nc1nc(-c2ccc(Cl)cc2)cs1. The summed E-state index contributed by atoms with van der Waals surface area (Å²) < 4.78 is 5.60. The fraction of sp³-hybridized carbons (Fsp3) is 0.0476. The van der Waals surface area contributed by atoms with Gasteiger partial charge in [0, 0.05) is 16.0 Å². The van der Waals surface area contributed by atoms with E-state index in [-0.39, 0.29) is 12.5 Å². The molecule has 134 valence electrons. The molecular weight excluding hydrogens is 380 g/mol. The van der Waals surface area contributed by atoms with Crippen LogP contribution in [0.25, 0.3) is 22.0 Å². The van der Waals surface area contributed by atoms with Gasteiger partial charge < -0.3 is 4.74 Å². The first-order chi connectivity index (χ1) is 13.2. The smallest absolute Gasteiger partial charge is 0.264 e. The number of anilines is 1. The highest BCUT2D eigenvalue weighted by atomic mass is 35.5. The van der Waals surface area contributed by atoms with Crippen molar-refractivity contribution in [2.75, 3.05) is 11.9 Å². The topological polar surface area (TPSA) is 51.2 Å². The van der Waals surface area contributed by atoms with Crippen LogP contribution in [0.4, 0.5) is 5.13 Å². The second-order valence-corrected chi connectivity index (χ2v) is 7.19. The van der Waals surface area contributed by atoms with E-state index >= 15 is 0 Å². The molecule has 0 unspecified atom stereocenters. The third kappa shape index (κ3) is 4.27. The van der Waals surface area contributed by atoms with Crippen LogP contribution >= 0.6 is 22.9 Å². The van der Waals surface area contributed by atoms with Gasteiger partial charge in [0.05, 0.1) is 5.69 Å². The molecule has 0 saturated heterocycles. The molecule has 3 aromatic carbocycles. The first-order valence-electron chi connectivity index (χ1n) is 8.30. The van der Waals surface area contributed by atoms with Crippen LogP contribution in [-0.2, 0) is 4.79 Å². The van der Waals surface area contributed by atoms with E-state index in [1.54, 1.807) is 0 Å². The number of nitrogens with one attached hydrogen (secondary N) is 1. The van der Waals surface area contributed by atoms with Crippen molar-refractivity contribution < 1.29 is 9.53 Å². The molecule has 0 bridgehead atoms. The monoisotopic (exact) mass is 394 g/mol. The van der Waals surface area contributed by atoms with Crippen molar-refractivity contribution in [2.24, 2.45) is 0 Å². The number of thiazole rings is 1. The van der Waals surface area contributed by atoms with Crippen molar-refractivity contribution in [1.82, 2.24) is 4.98 Å². The van der Waals surface area contributed by atoms with E-state index in [4.69, 9.17) is 16.3 Å². The molecule has 0 saturated carbocycles. The molecule has 0 spiro atoms. The van der Waals surface area contributed by atoms with Gasteiger partial charge in [0.25, 0.3) is 5.91 Å². The van der Waals surface area contributed by atoms with Gasteiger partial charge in [-0.15, -0.1) is 11.3 Å². The molecule has 0 aliphatic heterocycles. The maximum absolute atomic E-state index is 12.2. The van der Waals surface area contributed by atoms with Gasteiger partial charge in [0.2, 0.25) is 0 Å². The lowest BCUT2D eigenvalue weighted by Crippen LogP contribution is -2.20. The van der Waals surface area contributed by atoms with Gasteiger partial charge in [-0.05, 0) is 35.0 Å². The first kappa shape index (κ1) is 17.5. The van der Waals surface area contributed by atoms with Gasteiger partial charge in [-0.25, -0.2) is 4.98 Å². The molecule has 27 heavy (non-hydrogen) atoms. The van der Waals surface area contributed by atoms with Gasteiger partial charge in [-0.1, -0.05) is 54.1 Å². The van der Waals surface area contributed by atoms with E-state index in [1.165, 1.54) is 11.3 Å². The largest absolute Gasteiger partial charge is 0.484 e. The average Bonchev–Trinajstić information content (AvgIpc) is 3.15. The fourth-order valence-electron chi connectivity index (χ4n) is 2.65. The minimum atomic E-state index is -0.250. The molecule has 1 amide bonds. The van der Waals surface area contributed by atoms with Crippen LogP contribution in [0.3, 0.4) is 0 Å². The van der Waals surface area contributed by atoms with Crippen molar-refractivity contribution in [3.8, 4) is 17.0 Å². The Balaban J connectivity index is 1.37. The van der Waals surface area contributed by atoms with Crippen LogP contribution in [0.5, 0.6) is 5.75 Å². The van der Waals surface area contributed by atoms with Crippen molar-refractivity contribution in [2.45, 2.75) is 0 Å². The van der Waals surface area contributed by atoms with E-state index in [2.05, 4.69) is 10.3 Å². The molecule has 1 heterocycles. The molecule has 6 heteroatoms. The molecule has 0 aliphatic rings. The summed E-state index contributed by atoms with van der Waals surface area (Å²) >= 11 is 7.27. The summed E-state index contributed by atoms with van der Waals surface area (Å²) in [6.45, 7) is -0.0752. The normalized spacial score (nSPS) is 10.7. The lowest BCUT2D eigenvalue weighted by atomic mass is 10.1. The predicted octanol–water partition coefficient (Wildman–Crippen LogP) is 5.63. The molecule has 4 rings (SSSR count). The third-order valence-electron chi connectivity index (χ3n) is 3.98. The summed E-state index contributed by atoms with van der Waals surface area (Å²) in [6, 6.07) is 21.2. The molecule has 4 nitrogen and oxygen atoms in total. The van der Waals surface area contributed by atoms with Crippen molar-refractivity contribution >= 4 is 44.7 Å². The quantitative estimate of drug-likeness (QED) is 0.477. The zero-order valence-corrected chi connectivity index (χ0v) is 15.8. The fourth-order valence-corrected chi connectivity index (χ4v) is 3.51. The van der Waals surface area contributed by atoms with Crippen LogP contribution in [0, 0.1) is 0 Å². The minimum Gasteiger partial charge on any atom is -0.484 e. The Labute approximate surface area is 165 Å². The Hall–Kier alpha value is -2.89. The van der Waals surface area contributed by atoms with Crippen molar-refractivity contribution in [1.29, 1.82) is 0 Å². The van der Waals surface area contributed by atoms with Crippen LogP contribution < -0.4 is 10.1 Å². The Morgan fingerprint density at radius 1 is 1.04 bits per heavy atom. The minimum absolute atomic E-state index is 0.0752.